The molecule has 13 nitrogen and oxygen atoms in total. The van der Waals surface area contributed by atoms with E-state index in [4.69, 9.17) is 19.4 Å². The van der Waals surface area contributed by atoms with E-state index >= 15 is 0 Å². The number of nitrogens with one attached hydrogen (secondary N) is 1. The van der Waals surface area contributed by atoms with Crippen molar-refractivity contribution in [3.8, 4) is 29.2 Å². The van der Waals surface area contributed by atoms with Gasteiger partial charge in [-0.15, -0.1) is 5.92 Å². The maximum absolute atomic E-state index is 13.7. The average molecular weight is 610 g/mol. The second kappa shape index (κ2) is 12.1. The van der Waals surface area contributed by atoms with Crippen molar-refractivity contribution < 1.29 is 14.3 Å². The molecule has 0 unspecified atom stereocenters. The molecule has 3 aliphatic rings. The Morgan fingerprint density at radius 3 is 2.69 bits per heavy atom. The molecule has 7 rings (SSSR count). The highest BCUT2D eigenvalue weighted by molar-refractivity contribution is 5.96. The Morgan fingerprint density at radius 1 is 0.978 bits per heavy atom. The Hall–Kier alpha value is -5.09. The van der Waals surface area contributed by atoms with Crippen LogP contribution in [0.5, 0.6) is 11.5 Å². The van der Waals surface area contributed by atoms with Gasteiger partial charge in [0.1, 0.15) is 17.7 Å². The zero-order chi connectivity index (χ0) is 30.9. The van der Waals surface area contributed by atoms with Gasteiger partial charge in [0.25, 0.3) is 11.5 Å². The van der Waals surface area contributed by atoms with Gasteiger partial charge in [0.05, 0.1) is 12.8 Å². The number of hydrogen-bond acceptors (Lipinski definition) is 10. The first-order valence-electron chi connectivity index (χ1n) is 15.3. The summed E-state index contributed by atoms with van der Waals surface area (Å²) in [6.07, 6.45) is 4.91. The van der Waals surface area contributed by atoms with Crippen LogP contribution in [0.15, 0.2) is 41.3 Å². The first-order valence-corrected chi connectivity index (χ1v) is 15.3. The number of pyridine rings is 1. The van der Waals surface area contributed by atoms with Gasteiger partial charge in [-0.1, -0.05) is 12.3 Å². The molecule has 2 bridgehead atoms. The van der Waals surface area contributed by atoms with E-state index in [0.29, 0.717) is 47.3 Å². The summed E-state index contributed by atoms with van der Waals surface area (Å²) in [4.78, 5) is 46.9. The van der Waals surface area contributed by atoms with Crippen LogP contribution in [0, 0.1) is 11.8 Å². The number of rotatable bonds is 4. The van der Waals surface area contributed by atoms with Crippen LogP contribution in [0.1, 0.15) is 25.7 Å². The molecular weight excluding hydrogens is 574 g/mol. The van der Waals surface area contributed by atoms with Crippen LogP contribution in [0.2, 0.25) is 0 Å². The third-order valence-corrected chi connectivity index (χ3v) is 8.44. The van der Waals surface area contributed by atoms with Gasteiger partial charge < -0.3 is 24.6 Å². The van der Waals surface area contributed by atoms with E-state index in [1.54, 1.807) is 28.8 Å². The molecule has 4 aromatic rings. The molecule has 0 saturated carbocycles. The van der Waals surface area contributed by atoms with Crippen LogP contribution < -0.4 is 30.1 Å². The molecule has 1 saturated heterocycles. The summed E-state index contributed by atoms with van der Waals surface area (Å²) in [5.41, 5.74) is 1.87. The number of benzene rings is 1. The second-order valence-corrected chi connectivity index (χ2v) is 11.4. The molecule has 3 aliphatic heterocycles. The fraction of sp³-hybridized carbons (Fsp3) is 0.406. The van der Waals surface area contributed by atoms with Crippen molar-refractivity contribution in [1.82, 2.24) is 29.2 Å². The Labute approximate surface area is 260 Å². The monoisotopic (exact) mass is 609 g/mol. The van der Waals surface area contributed by atoms with Crippen molar-refractivity contribution >= 4 is 40.1 Å². The first kappa shape index (κ1) is 28.7. The number of methoxy groups -OCH3 is 1. The number of piperazine rings is 1. The summed E-state index contributed by atoms with van der Waals surface area (Å²) in [7, 11) is 3.80. The normalized spacial score (nSPS) is 17.2. The van der Waals surface area contributed by atoms with Gasteiger partial charge in [0.15, 0.2) is 29.6 Å². The molecule has 232 valence electrons. The highest BCUT2D eigenvalue weighted by Crippen LogP contribution is 2.34. The summed E-state index contributed by atoms with van der Waals surface area (Å²) in [5, 5.41) is 3.61. The van der Waals surface area contributed by atoms with Gasteiger partial charge in [-0.25, -0.2) is 19.3 Å². The van der Waals surface area contributed by atoms with E-state index < -0.39 is 0 Å². The van der Waals surface area contributed by atoms with Crippen molar-refractivity contribution in [2.24, 2.45) is 0 Å². The molecule has 1 amide bonds. The Morgan fingerprint density at radius 2 is 1.84 bits per heavy atom. The number of ether oxygens (including phenoxy) is 2. The van der Waals surface area contributed by atoms with E-state index in [9.17, 15) is 9.59 Å². The Balaban J connectivity index is 1.29. The lowest BCUT2D eigenvalue weighted by molar-refractivity contribution is -0.121. The number of hydrogen-bond donors (Lipinski definition) is 1. The van der Waals surface area contributed by atoms with Crippen molar-refractivity contribution in [3.63, 3.8) is 0 Å². The second-order valence-electron chi connectivity index (χ2n) is 11.4. The number of fused-ring (bicyclic) bond motifs is 5. The molecule has 13 heteroatoms. The number of aromatic nitrogens is 5. The molecular formula is C32H35N9O4. The average Bonchev–Trinajstić information content (AvgIpc) is 3.33. The molecule has 45 heavy (non-hydrogen) atoms. The van der Waals surface area contributed by atoms with Crippen LogP contribution in [0.25, 0.3) is 16.9 Å². The third-order valence-electron chi connectivity index (χ3n) is 8.44. The zero-order valence-electron chi connectivity index (χ0n) is 25.5. The zero-order valence-corrected chi connectivity index (χ0v) is 25.5. The summed E-state index contributed by atoms with van der Waals surface area (Å²) >= 11 is 0. The Bertz CT molecular complexity index is 1880. The van der Waals surface area contributed by atoms with E-state index in [0.717, 1.165) is 62.6 Å². The topological polar surface area (TPSA) is 123 Å². The van der Waals surface area contributed by atoms with Gasteiger partial charge in [0, 0.05) is 57.1 Å². The van der Waals surface area contributed by atoms with E-state index in [-0.39, 0.29) is 24.6 Å². The van der Waals surface area contributed by atoms with E-state index in [2.05, 4.69) is 39.0 Å². The number of carbonyl (C=O) groups excluding carboxylic acids is 1. The number of amides is 1. The number of nitrogens with zero attached hydrogens (tertiary/aromatic N) is 8. The van der Waals surface area contributed by atoms with Gasteiger partial charge >= 0.3 is 0 Å². The number of likely N-dealkylation sites (N-methyl/N-ethyl adjacent to an activating group) is 1. The fourth-order valence-electron chi connectivity index (χ4n) is 5.95. The number of carbonyl (C=O) groups is 1. The van der Waals surface area contributed by atoms with Crippen molar-refractivity contribution in [2.45, 2.75) is 32.2 Å². The van der Waals surface area contributed by atoms with Crippen LogP contribution in [0.3, 0.4) is 0 Å². The van der Waals surface area contributed by atoms with Crippen LogP contribution in [-0.4, -0.2) is 88.6 Å². The van der Waals surface area contributed by atoms with Crippen molar-refractivity contribution in [3.05, 3.63) is 46.9 Å². The number of anilines is 4. The Kier molecular flexibility index (Phi) is 7.72. The summed E-state index contributed by atoms with van der Waals surface area (Å²) in [5.74, 6) is 8.64. The molecule has 1 fully saturated rings. The minimum atomic E-state index is -0.278. The van der Waals surface area contributed by atoms with E-state index in [1.165, 1.54) is 10.9 Å². The predicted molar refractivity (Wildman–Crippen MR) is 171 cm³/mol. The van der Waals surface area contributed by atoms with E-state index in [1.807, 2.05) is 18.2 Å². The molecule has 0 atom stereocenters. The van der Waals surface area contributed by atoms with Crippen molar-refractivity contribution in [2.75, 3.05) is 68.6 Å². The highest BCUT2D eigenvalue weighted by Gasteiger charge is 2.28. The SMILES string of the molecule is COc1cc(Nc2ncc3c(=O)n4n(c3n2)-c2ccc3c(n2)N(CCCCCC#CC4)C(=O)CO3)ccc1N1CCN(C)CC1. The van der Waals surface area contributed by atoms with Gasteiger partial charge in [-0.2, -0.15) is 4.98 Å². The standard InChI is InChI=1S/C32H35N9O4/c1-37-15-17-38(18-16-37)24-10-9-22(19-26(24)44-2)34-32-33-20-23-29(36-32)41-27-12-11-25-30(35-27)39(28(42)21-45-25)13-7-5-3-4-6-8-14-40(41)31(23)43/h9-12,19-20H,3-5,7,13-18,21H2,1-2H3,(H,33,34,36). The summed E-state index contributed by atoms with van der Waals surface area (Å²) in [6.45, 7) is 4.49. The largest absolute Gasteiger partial charge is 0.495 e. The fourth-order valence-corrected chi connectivity index (χ4v) is 5.95. The first-order chi connectivity index (χ1) is 22.0. The van der Waals surface area contributed by atoms with Crippen LogP contribution in [-0.2, 0) is 11.3 Å². The lowest BCUT2D eigenvalue weighted by atomic mass is 10.2. The highest BCUT2D eigenvalue weighted by atomic mass is 16.5. The van der Waals surface area contributed by atoms with Crippen LogP contribution in [0.4, 0.5) is 23.1 Å². The van der Waals surface area contributed by atoms with Gasteiger partial charge in [-0.3, -0.25) is 14.5 Å². The molecule has 3 aromatic heterocycles. The quantitative estimate of drug-likeness (QED) is 0.346. The molecule has 1 N–H and O–H groups in total. The molecule has 0 spiro atoms. The minimum Gasteiger partial charge on any atom is -0.495 e. The van der Waals surface area contributed by atoms with Crippen LogP contribution >= 0.6 is 0 Å². The lowest BCUT2D eigenvalue weighted by Gasteiger charge is -2.34. The molecule has 0 radical (unpaired) electrons. The molecule has 1 aromatic carbocycles. The molecule has 6 heterocycles. The maximum atomic E-state index is 13.7. The summed E-state index contributed by atoms with van der Waals surface area (Å²) < 4.78 is 14.6. The van der Waals surface area contributed by atoms with Crippen molar-refractivity contribution in [1.29, 1.82) is 0 Å². The predicted octanol–water partition coefficient (Wildman–Crippen LogP) is 2.78. The molecule has 0 aliphatic carbocycles. The maximum Gasteiger partial charge on any atom is 0.279 e. The van der Waals surface area contributed by atoms with Gasteiger partial charge in [0.2, 0.25) is 5.95 Å². The smallest absolute Gasteiger partial charge is 0.279 e. The summed E-state index contributed by atoms with van der Waals surface area (Å²) in [6, 6.07) is 9.48. The lowest BCUT2D eigenvalue weighted by Crippen LogP contribution is -2.44. The third kappa shape index (κ3) is 5.53. The minimum absolute atomic E-state index is 0.0277. The van der Waals surface area contributed by atoms with Gasteiger partial charge in [-0.05, 0) is 44.2 Å².